The van der Waals surface area contributed by atoms with Crippen LogP contribution in [-0.4, -0.2) is 66.3 Å². The van der Waals surface area contributed by atoms with Crippen molar-refractivity contribution in [3.8, 4) is 0 Å². The Balaban J connectivity index is 2.80. The Morgan fingerprint density at radius 1 is 1.36 bits per heavy atom. The van der Waals surface area contributed by atoms with Gasteiger partial charge in [0.15, 0.2) is 5.96 Å². The summed E-state index contributed by atoms with van der Waals surface area (Å²) >= 11 is 0. The molecule has 1 N–H and O–H groups in total. The van der Waals surface area contributed by atoms with Gasteiger partial charge in [0.1, 0.15) is 0 Å². The lowest BCUT2D eigenvalue weighted by molar-refractivity contribution is 0.305. The van der Waals surface area contributed by atoms with E-state index in [0.29, 0.717) is 0 Å². The molecule has 1 atom stereocenters. The standard InChI is InChI=1S/C16H32N6/c1-7-9-10-21(5)16(17-8-2)18-12-15(20(3)4)14-11-19-22(6)13-14/h11,13,15H,7-10,12H2,1-6H3,(H,17,18). The molecule has 1 unspecified atom stereocenters. The fourth-order valence-electron chi connectivity index (χ4n) is 2.32. The van der Waals surface area contributed by atoms with Crippen LogP contribution in [0.1, 0.15) is 38.3 Å². The van der Waals surface area contributed by atoms with E-state index in [1.54, 1.807) is 0 Å². The van der Waals surface area contributed by atoms with Crippen LogP contribution in [0.4, 0.5) is 0 Å². The first kappa shape index (κ1) is 18.5. The van der Waals surface area contributed by atoms with Gasteiger partial charge in [-0.3, -0.25) is 9.67 Å². The van der Waals surface area contributed by atoms with Crippen LogP contribution < -0.4 is 5.32 Å². The molecule has 0 saturated carbocycles. The summed E-state index contributed by atoms with van der Waals surface area (Å²) in [6.45, 7) is 6.95. The number of likely N-dealkylation sites (N-methyl/N-ethyl adjacent to an activating group) is 1. The van der Waals surface area contributed by atoms with Gasteiger partial charge in [0, 0.05) is 38.9 Å². The molecule has 6 nitrogen and oxygen atoms in total. The number of aliphatic imine (C=N–C) groups is 1. The van der Waals surface area contributed by atoms with Crippen LogP contribution in [0.15, 0.2) is 17.4 Å². The predicted octanol–water partition coefficient (Wildman–Crippen LogP) is 1.72. The lowest BCUT2D eigenvalue weighted by Crippen LogP contribution is -2.40. The van der Waals surface area contributed by atoms with E-state index in [1.807, 2.05) is 17.9 Å². The second-order valence-electron chi connectivity index (χ2n) is 5.90. The lowest BCUT2D eigenvalue weighted by Gasteiger charge is -2.25. The maximum atomic E-state index is 4.83. The molecule has 126 valence electrons. The second kappa shape index (κ2) is 9.46. The molecule has 1 aromatic heterocycles. The van der Waals surface area contributed by atoms with Gasteiger partial charge in [-0.2, -0.15) is 5.10 Å². The van der Waals surface area contributed by atoms with Crippen LogP contribution in [0.3, 0.4) is 0 Å². The molecule has 0 spiro atoms. The van der Waals surface area contributed by atoms with Gasteiger partial charge in [0.2, 0.25) is 0 Å². The maximum absolute atomic E-state index is 4.83. The number of aryl methyl sites for hydroxylation is 1. The zero-order valence-corrected chi connectivity index (χ0v) is 15.0. The smallest absolute Gasteiger partial charge is 0.193 e. The molecular weight excluding hydrogens is 276 g/mol. The van der Waals surface area contributed by atoms with E-state index in [9.17, 15) is 0 Å². The van der Waals surface area contributed by atoms with Crippen molar-refractivity contribution in [2.75, 3.05) is 40.8 Å². The fourth-order valence-corrected chi connectivity index (χ4v) is 2.32. The van der Waals surface area contributed by atoms with E-state index in [1.165, 1.54) is 18.4 Å². The van der Waals surface area contributed by atoms with Crippen molar-refractivity contribution in [3.63, 3.8) is 0 Å². The first-order valence-electron chi connectivity index (χ1n) is 8.14. The average molecular weight is 308 g/mol. The molecule has 1 aromatic rings. The molecule has 0 aliphatic rings. The third kappa shape index (κ3) is 5.67. The SMILES string of the molecule is CCCCN(C)C(=NCC(c1cnn(C)c1)N(C)C)NCC. The van der Waals surface area contributed by atoms with Crippen LogP contribution in [0, 0.1) is 0 Å². The lowest BCUT2D eigenvalue weighted by atomic mass is 10.1. The summed E-state index contributed by atoms with van der Waals surface area (Å²) in [5.41, 5.74) is 1.20. The number of unbranched alkanes of at least 4 members (excludes halogenated alkanes) is 1. The van der Waals surface area contributed by atoms with E-state index < -0.39 is 0 Å². The number of guanidine groups is 1. The van der Waals surface area contributed by atoms with E-state index in [0.717, 1.165) is 25.6 Å². The van der Waals surface area contributed by atoms with Gasteiger partial charge in [-0.15, -0.1) is 0 Å². The first-order valence-corrected chi connectivity index (χ1v) is 8.14. The molecule has 6 heteroatoms. The first-order chi connectivity index (χ1) is 10.5. The zero-order chi connectivity index (χ0) is 16.5. The molecule has 0 saturated heterocycles. The summed E-state index contributed by atoms with van der Waals surface area (Å²) in [4.78, 5) is 9.23. The highest BCUT2D eigenvalue weighted by Gasteiger charge is 2.16. The topological polar surface area (TPSA) is 48.7 Å². The van der Waals surface area contributed by atoms with Crippen molar-refractivity contribution >= 4 is 5.96 Å². The molecule has 1 rings (SSSR count). The highest BCUT2D eigenvalue weighted by atomic mass is 15.3. The third-order valence-electron chi connectivity index (χ3n) is 3.69. The Hall–Kier alpha value is -1.56. The number of hydrogen-bond acceptors (Lipinski definition) is 3. The molecule has 0 aliphatic carbocycles. The molecule has 1 heterocycles. The van der Waals surface area contributed by atoms with Gasteiger partial charge in [0.25, 0.3) is 0 Å². The normalized spacial score (nSPS) is 13.5. The van der Waals surface area contributed by atoms with Crippen molar-refractivity contribution in [1.82, 2.24) is 24.9 Å². The Labute approximate surface area is 135 Å². The summed E-state index contributed by atoms with van der Waals surface area (Å²) in [7, 11) is 8.22. The summed E-state index contributed by atoms with van der Waals surface area (Å²) in [5, 5.41) is 7.65. The molecular formula is C16H32N6. The molecule has 0 fully saturated rings. The second-order valence-corrected chi connectivity index (χ2v) is 5.90. The predicted molar refractivity (Wildman–Crippen MR) is 93.2 cm³/mol. The van der Waals surface area contributed by atoms with Gasteiger partial charge in [-0.05, 0) is 27.4 Å². The van der Waals surface area contributed by atoms with Crippen LogP contribution >= 0.6 is 0 Å². The van der Waals surface area contributed by atoms with Crippen molar-refractivity contribution in [2.45, 2.75) is 32.7 Å². The van der Waals surface area contributed by atoms with Crippen molar-refractivity contribution in [2.24, 2.45) is 12.0 Å². The van der Waals surface area contributed by atoms with Crippen molar-refractivity contribution in [3.05, 3.63) is 18.0 Å². The Morgan fingerprint density at radius 2 is 2.09 bits per heavy atom. The summed E-state index contributed by atoms with van der Waals surface area (Å²) in [5.74, 6) is 0.978. The largest absolute Gasteiger partial charge is 0.357 e. The molecule has 0 bridgehead atoms. The van der Waals surface area contributed by atoms with Crippen LogP contribution in [0.2, 0.25) is 0 Å². The van der Waals surface area contributed by atoms with E-state index in [-0.39, 0.29) is 6.04 Å². The van der Waals surface area contributed by atoms with Crippen LogP contribution in [0.25, 0.3) is 0 Å². The molecule has 0 aromatic carbocycles. The van der Waals surface area contributed by atoms with Gasteiger partial charge in [-0.1, -0.05) is 13.3 Å². The highest BCUT2D eigenvalue weighted by molar-refractivity contribution is 5.79. The molecule has 22 heavy (non-hydrogen) atoms. The van der Waals surface area contributed by atoms with E-state index in [4.69, 9.17) is 4.99 Å². The van der Waals surface area contributed by atoms with E-state index in [2.05, 4.69) is 61.4 Å². The van der Waals surface area contributed by atoms with E-state index >= 15 is 0 Å². The quantitative estimate of drug-likeness (QED) is 0.587. The molecule has 0 amide bonds. The number of hydrogen-bond donors (Lipinski definition) is 1. The minimum absolute atomic E-state index is 0.238. The third-order valence-corrected chi connectivity index (χ3v) is 3.69. The Morgan fingerprint density at radius 3 is 2.59 bits per heavy atom. The number of aromatic nitrogens is 2. The minimum Gasteiger partial charge on any atom is -0.357 e. The average Bonchev–Trinajstić information content (AvgIpc) is 2.89. The highest BCUT2D eigenvalue weighted by Crippen LogP contribution is 2.17. The number of rotatable bonds is 8. The number of nitrogens with one attached hydrogen (secondary N) is 1. The summed E-state index contributed by atoms with van der Waals surface area (Å²) in [6, 6.07) is 0.238. The van der Waals surface area contributed by atoms with Crippen molar-refractivity contribution in [1.29, 1.82) is 0 Å². The van der Waals surface area contributed by atoms with Crippen LogP contribution in [-0.2, 0) is 7.05 Å². The Bertz CT molecular complexity index is 451. The monoisotopic (exact) mass is 308 g/mol. The Kier molecular flexibility index (Phi) is 7.95. The molecule has 0 aliphatic heterocycles. The van der Waals surface area contributed by atoms with Crippen LogP contribution in [0.5, 0.6) is 0 Å². The molecule has 0 radical (unpaired) electrons. The van der Waals surface area contributed by atoms with Gasteiger partial charge >= 0.3 is 0 Å². The summed E-state index contributed by atoms with van der Waals surface area (Å²) < 4.78 is 1.84. The fraction of sp³-hybridized carbons (Fsp3) is 0.750. The van der Waals surface area contributed by atoms with Gasteiger partial charge in [-0.25, -0.2) is 0 Å². The van der Waals surface area contributed by atoms with Gasteiger partial charge < -0.3 is 15.1 Å². The number of nitrogens with zero attached hydrogens (tertiary/aromatic N) is 5. The zero-order valence-electron chi connectivity index (χ0n) is 15.0. The summed E-state index contributed by atoms with van der Waals surface area (Å²) in [6.07, 6.45) is 6.36. The maximum Gasteiger partial charge on any atom is 0.193 e. The van der Waals surface area contributed by atoms with Gasteiger partial charge in [0.05, 0.1) is 18.8 Å². The minimum atomic E-state index is 0.238. The van der Waals surface area contributed by atoms with Crippen molar-refractivity contribution < 1.29 is 0 Å².